The first-order valence-corrected chi connectivity index (χ1v) is 10.5. The first-order valence-electron chi connectivity index (χ1n) is 10.1. The Bertz CT molecular complexity index is 940. The molecule has 2 aromatic carbocycles. The van der Waals surface area contributed by atoms with Gasteiger partial charge in [0.25, 0.3) is 0 Å². The van der Waals surface area contributed by atoms with Gasteiger partial charge >= 0.3 is 0 Å². The Morgan fingerprint density at radius 3 is 2.66 bits per heavy atom. The number of hydrogen-bond acceptors (Lipinski definition) is 3. The van der Waals surface area contributed by atoms with E-state index in [1.165, 1.54) is 5.56 Å². The Morgan fingerprint density at radius 2 is 1.97 bits per heavy atom. The molecule has 152 valence electrons. The van der Waals surface area contributed by atoms with Crippen LogP contribution in [0.15, 0.2) is 42.5 Å². The molecule has 1 amide bonds. The molecular formula is C23H27N3O2S. The molecule has 6 heteroatoms. The van der Waals surface area contributed by atoms with Crippen LogP contribution in [-0.4, -0.2) is 23.2 Å². The highest BCUT2D eigenvalue weighted by Gasteiger charge is 2.34. The summed E-state index contributed by atoms with van der Waals surface area (Å²) in [6, 6.07) is 14.2. The molecule has 5 nitrogen and oxygen atoms in total. The first-order chi connectivity index (χ1) is 13.8. The molecule has 1 unspecified atom stereocenters. The van der Waals surface area contributed by atoms with E-state index in [2.05, 4.69) is 43.5 Å². The van der Waals surface area contributed by atoms with Gasteiger partial charge in [0.15, 0.2) is 5.11 Å². The van der Waals surface area contributed by atoms with Crippen LogP contribution in [0.25, 0.3) is 0 Å². The summed E-state index contributed by atoms with van der Waals surface area (Å²) in [5.41, 5.74) is 3.90. The maximum absolute atomic E-state index is 11.9. The Kier molecular flexibility index (Phi) is 5.21. The fourth-order valence-corrected chi connectivity index (χ4v) is 4.33. The van der Waals surface area contributed by atoms with Gasteiger partial charge in [0, 0.05) is 36.3 Å². The number of anilines is 2. The lowest BCUT2D eigenvalue weighted by Crippen LogP contribution is -2.42. The van der Waals surface area contributed by atoms with E-state index in [4.69, 9.17) is 17.0 Å². The van der Waals surface area contributed by atoms with Crippen molar-refractivity contribution in [3.63, 3.8) is 0 Å². The van der Waals surface area contributed by atoms with E-state index in [-0.39, 0.29) is 17.6 Å². The molecule has 29 heavy (non-hydrogen) atoms. The Labute approximate surface area is 177 Å². The molecule has 2 aliphatic rings. The van der Waals surface area contributed by atoms with Gasteiger partial charge in [0.2, 0.25) is 5.91 Å². The highest BCUT2D eigenvalue weighted by Crippen LogP contribution is 2.39. The van der Waals surface area contributed by atoms with Crippen molar-refractivity contribution in [2.24, 2.45) is 0 Å². The number of rotatable bonds is 3. The number of carbonyl (C=O) groups is 1. The van der Waals surface area contributed by atoms with Gasteiger partial charge in [0.1, 0.15) is 11.4 Å². The van der Waals surface area contributed by atoms with Crippen molar-refractivity contribution < 1.29 is 9.53 Å². The van der Waals surface area contributed by atoms with Crippen molar-refractivity contribution in [2.45, 2.75) is 51.7 Å². The molecule has 2 heterocycles. The SMILES string of the molecule is Cc1ccc2c(c1)C(NC(=S)Nc1ccc(N3CCCC3=O)cc1)CC(C)(C)O2. The number of aryl methyl sites for hydroxylation is 1. The van der Waals surface area contributed by atoms with Gasteiger partial charge in [-0.2, -0.15) is 0 Å². The van der Waals surface area contributed by atoms with Gasteiger partial charge in [0.05, 0.1) is 6.04 Å². The Hall–Kier alpha value is -2.60. The molecule has 2 aromatic rings. The van der Waals surface area contributed by atoms with E-state index in [0.29, 0.717) is 11.5 Å². The number of thiocarbonyl (C=S) groups is 1. The third-order valence-electron chi connectivity index (χ3n) is 5.44. The largest absolute Gasteiger partial charge is 0.487 e. The second-order valence-electron chi connectivity index (χ2n) is 8.45. The molecule has 1 fully saturated rings. The number of amides is 1. The van der Waals surface area contributed by atoms with Gasteiger partial charge in [-0.1, -0.05) is 17.7 Å². The summed E-state index contributed by atoms with van der Waals surface area (Å²) in [4.78, 5) is 13.7. The molecule has 2 N–H and O–H groups in total. The normalized spacial score (nSPS) is 20.0. The minimum absolute atomic E-state index is 0.0788. The van der Waals surface area contributed by atoms with E-state index in [1.807, 2.05) is 35.2 Å². The van der Waals surface area contributed by atoms with Crippen LogP contribution in [0.3, 0.4) is 0 Å². The Balaban J connectivity index is 1.44. The summed E-state index contributed by atoms with van der Waals surface area (Å²) in [5, 5.41) is 7.30. The summed E-state index contributed by atoms with van der Waals surface area (Å²) in [5.74, 6) is 1.10. The van der Waals surface area contributed by atoms with Gasteiger partial charge < -0.3 is 20.3 Å². The van der Waals surface area contributed by atoms with Gasteiger partial charge in [-0.3, -0.25) is 4.79 Å². The molecule has 0 aliphatic carbocycles. The smallest absolute Gasteiger partial charge is 0.227 e. The minimum atomic E-state index is -0.264. The Morgan fingerprint density at radius 1 is 1.21 bits per heavy atom. The van der Waals surface area contributed by atoms with Crippen molar-refractivity contribution in [2.75, 3.05) is 16.8 Å². The number of nitrogens with one attached hydrogen (secondary N) is 2. The molecule has 4 rings (SSSR count). The zero-order valence-corrected chi connectivity index (χ0v) is 17.9. The maximum Gasteiger partial charge on any atom is 0.227 e. The fourth-order valence-electron chi connectivity index (χ4n) is 4.07. The second kappa shape index (κ2) is 7.67. The summed E-state index contributed by atoms with van der Waals surface area (Å²) < 4.78 is 6.14. The lowest BCUT2D eigenvalue weighted by atomic mass is 9.89. The quantitative estimate of drug-likeness (QED) is 0.719. The molecule has 2 aliphatic heterocycles. The highest BCUT2D eigenvalue weighted by molar-refractivity contribution is 7.80. The van der Waals surface area contributed by atoms with Crippen LogP contribution in [0.1, 0.15) is 50.3 Å². The summed E-state index contributed by atoms with van der Waals surface area (Å²) in [7, 11) is 0. The van der Waals surface area contributed by atoms with Crippen LogP contribution < -0.4 is 20.3 Å². The summed E-state index contributed by atoms with van der Waals surface area (Å²) in [6.45, 7) is 7.07. The maximum atomic E-state index is 11.9. The zero-order chi connectivity index (χ0) is 20.6. The molecule has 0 saturated carbocycles. The molecule has 0 bridgehead atoms. The molecular weight excluding hydrogens is 382 g/mol. The molecule has 1 atom stereocenters. The van der Waals surface area contributed by atoms with E-state index < -0.39 is 0 Å². The fraction of sp³-hybridized carbons (Fsp3) is 0.391. The number of benzene rings is 2. The van der Waals surface area contributed by atoms with E-state index in [0.717, 1.165) is 42.1 Å². The molecule has 1 saturated heterocycles. The monoisotopic (exact) mass is 409 g/mol. The number of nitrogens with zero attached hydrogens (tertiary/aromatic N) is 1. The average Bonchev–Trinajstić information content (AvgIpc) is 3.08. The van der Waals surface area contributed by atoms with Crippen molar-refractivity contribution in [1.82, 2.24) is 5.32 Å². The number of carbonyl (C=O) groups excluding carboxylic acids is 1. The van der Waals surface area contributed by atoms with Crippen molar-refractivity contribution >= 4 is 34.6 Å². The molecule has 0 spiro atoms. The second-order valence-corrected chi connectivity index (χ2v) is 8.86. The van der Waals surface area contributed by atoms with Crippen LogP contribution in [0, 0.1) is 6.92 Å². The molecule has 0 radical (unpaired) electrons. The van der Waals surface area contributed by atoms with Gasteiger partial charge in [-0.25, -0.2) is 0 Å². The topological polar surface area (TPSA) is 53.6 Å². The number of fused-ring (bicyclic) bond motifs is 1. The van der Waals surface area contributed by atoms with Crippen LogP contribution in [-0.2, 0) is 4.79 Å². The van der Waals surface area contributed by atoms with Crippen molar-refractivity contribution in [3.05, 3.63) is 53.6 Å². The van der Waals surface area contributed by atoms with Crippen LogP contribution in [0.5, 0.6) is 5.75 Å². The lowest BCUT2D eigenvalue weighted by Gasteiger charge is -2.38. The average molecular weight is 410 g/mol. The predicted octanol–water partition coefficient (Wildman–Crippen LogP) is 4.71. The number of hydrogen-bond donors (Lipinski definition) is 2. The molecule has 0 aromatic heterocycles. The number of ether oxygens (including phenoxy) is 1. The van der Waals surface area contributed by atoms with Crippen LogP contribution in [0.4, 0.5) is 11.4 Å². The summed E-state index contributed by atoms with van der Waals surface area (Å²) >= 11 is 5.58. The van der Waals surface area contributed by atoms with Crippen LogP contribution >= 0.6 is 12.2 Å². The van der Waals surface area contributed by atoms with E-state index in [1.54, 1.807) is 0 Å². The van der Waals surface area contributed by atoms with Gasteiger partial charge in [-0.15, -0.1) is 0 Å². The van der Waals surface area contributed by atoms with E-state index >= 15 is 0 Å². The zero-order valence-electron chi connectivity index (χ0n) is 17.1. The van der Waals surface area contributed by atoms with Crippen LogP contribution in [0.2, 0.25) is 0 Å². The van der Waals surface area contributed by atoms with E-state index in [9.17, 15) is 4.79 Å². The van der Waals surface area contributed by atoms with Crippen molar-refractivity contribution in [3.8, 4) is 5.75 Å². The summed E-state index contributed by atoms with van der Waals surface area (Å²) in [6.07, 6.45) is 2.38. The minimum Gasteiger partial charge on any atom is -0.487 e. The highest BCUT2D eigenvalue weighted by atomic mass is 32.1. The van der Waals surface area contributed by atoms with Gasteiger partial charge in [-0.05, 0) is 69.7 Å². The lowest BCUT2D eigenvalue weighted by molar-refractivity contribution is -0.117. The first kappa shape index (κ1) is 19.7. The third-order valence-corrected chi connectivity index (χ3v) is 5.66. The third kappa shape index (κ3) is 4.37. The standard InChI is InChI=1S/C23H27N3O2S/c1-15-6-11-20-18(13-15)19(14-23(2,3)28-20)25-22(29)24-16-7-9-17(10-8-16)26-12-4-5-21(26)27/h6-11,13,19H,4-5,12,14H2,1-3H3,(H2,24,25,29). The predicted molar refractivity (Wildman–Crippen MR) is 121 cm³/mol. The van der Waals surface area contributed by atoms with Crippen molar-refractivity contribution in [1.29, 1.82) is 0 Å².